The highest BCUT2D eigenvalue weighted by Gasteiger charge is 2.17. The fraction of sp³-hybridized carbons (Fsp3) is 0. The molecule has 0 spiro atoms. The van der Waals surface area contributed by atoms with Crippen LogP contribution in [0, 0.1) is 11.3 Å². The summed E-state index contributed by atoms with van der Waals surface area (Å²) < 4.78 is 0. The fourth-order valence-corrected chi connectivity index (χ4v) is 2.43. The maximum absolute atomic E-state index is 12.4. The Kier molecular flexibility index (Phi) is 4.87. The second-order valence-electron chi connectivity index (χ2n) is 5.64. The van der Waals surface area contributed by atoms with E-state index in [4.69, 9.17) is 10.4 Å². The number of hydrogen-bond acceptors (Lipinski definition) is 6. The third-order valence-corrected chi connectivity index (χ3v) is 3.75. The van der Waals surface area contributed by atoms with Crippen molar-refractivity contribution in [1.29, 1.82) is 5.26 Å². The van der Waals surface area contributed by atoms with Crippen molar-refractivity contribution in [2.75, 3.05) is 5.32 Å². The molecule has 1 aromatic heterocycles. The fourth-order valence-electron chi connectivity index (χ4n) is 2.43. The van der Waals surface area contributed by atoms with E-state index in [9.17, 15) is 19.5 Å². The molecule has 4 N–H and O–H groups in total. The van der Waals surface area contributed by atoms with Crippen molar-refractivity contribution >= 4 is 17.6 Å². The smallest absolute Gasteiger partial charge is 0.358 e. The van der Waals surface area contributed by atoms with Gasteiger partial charge in [-0.3, -0.25) is 9.59 Å². The summed E-state index contributed by atoms with van der Waals surface area (Å²) >= 11 is 0. The lowest BCUT2D eigenvalue weighted by Gasteiger charge is -2.08. The van der Waals surface area contributed by atoms with Crippen LogP contribution in [0.25, 0.3) is 11.4 Å². The van der Waals surface area contributed by atoms with E-state index in [0.717, 1.165) is 0 Å². The van der Waals surface area contributed by atoms with Crippen molar-refractivity contribution in [3.63, 3.8) is 0 Å². The lowest BCUT2D eigenvalue weighted by Crippen LogP contribution is -2.15. The molecule has 9 nitrogen and oxygen atoms in total. The van der Waals surface area contributed by atoms with Crippen LogP contribution < -0.4 is 10.9 Å². The molecule has 3 rings (SSSR count). The van der Waals surface area contributed by atoms with Crippen molar-refractivity contribution in [3.8, 4) is 23.2 Å². The second-order valence-corrected chi connectivity index (χ2v) is 5.64. The molecule has 0 aliphatic heterocycles. The van der Waals surface area contributed by atoms with E-state index in [2.05, 4.69) is 15.3 Å². The maximum Gasteiger partial charge on any atom is 0.358 e. The van der Waals surface area contributed by atoms with Crippen molar-refractivity contribution in [1.82, 2.24) is 9.97 Å². The van der Waals surface area contributed by atoms with Crippen LogP contribution in [0.5, 0.6) is 5.75 Å². The van der Waals surface area contributed by atoms with E-state index < -0.39 is 28.9 Å². The monoisotopic (exact) mass is 376 g/mol. The van der Waals surface area contributed by atoms with Gasteiger partial charge in [0, 0.05) is 16.8 Å². The Morgan fingerprint density at radius 3 is 2.61 bits per heavy atom. The van der Waals surface area contributed by atoms with E-state index in [1.807, 2.05) is 6.07 Å². The average molecular weight is 376 g/mol. The highest BCUT2D eigenvalue weighted by Crippen LogP contribution is 2.21. The Balaban J connectivity index is 1.93. The first-order chi connectivity index (χ1) is 13.4. The summed E-state index contributed by atoms with van der Waals surface area (Å²) in [6.45, 7) is 0. The van der Waals surface area contributed by atoms with Crippen molar-refractivity contribution in [2.45, 2.75) is 0 Å². The summed E-state index contributed by atoms with van der Waals surface area (Å²) in [7, 11) is 0. The maximum atomic E-state index is 12.4. The number of carboxylic acids is 1. The number of aromatic carboxylic acids is 1. The summed E-state index contributed by atoms with van der Waals surface area (Å²) in [5.74, 6) is -3.07. The molecule has 2 aromatic carbocycles. The molecular weight excluding hydrogens is 364 g/mol. The zero-order valence-electron chi connectivity index (χ0n) is 14.1. The predicted molar refractivity (Wildman–Crippen MR) is 98.0 cm³/mol. The number of carbonyl (C=O) groups excluding carboxylic acids is 1. The Labute approximate surface area is 157 Å². The van der Waals surface area contributed by atoms with Gasteiger partial charge in [-0.2, -0.15) is 5.26 Å². The number of carbonyl (C=O) groups is 2. The van der Waals surface area contributed by atoms with Crippen molar-refractivity contribution in [2.24, 2.45) is 0 Å². The van der Waals surface area contributed by atoms with Gasteiger partial charge in [-0.15, -0.1) is 0 Å². The molecule has 0 unspecified atom stereocenters. The molecule has 138 valence electrons. The summed E-state index contributed by atoms with van der Waals surface area (Å²) in [5.41, 5.74) is -0.463. The third kappa shape index (κ3) is 3.71. The number of amides is 1. The number of aromatic amines is 1. The van der Waals surface area contributed by atoms with Gasteiger partial charge in [-0.1, -0.05) is 18.2 Å². The number of anilines is 1. The van der Waals surface area contributed by atoms with E-state index in [1.165, 1.54) is 12.1 Å². The molecule has 0 saturated carbocycles. The lowest BCUT2D eigenvalue weighted by atomic mass is 10.1. The summed E-state index contributed by atoms with van der Waals surface area (Å²) in [5, 5.41) is 30.1. The third-order valence-electron chi connectivity index (χ3n) is 3.75. The van der Waals surface area contributed by atoms with Crippen LogP contribution in [-0.2, 0) is 0 Å². The summed E-state index contributed by atoms with van der Waals surface area (Å²) in [4.78, 5) is 41.3. The molecule has 3 aromatic rings. The summed E-state index contributed by atoms with van der Waals surface area (Å²) in [6, 6.07) is 14.3. The lowest BCUT2D eigenvalue weighted by molar-refractivity contribution is 0.0686. The van der Waals surface area contributed by atoms with Gasteiger partial charge in [0.05, 0.1) is 11.6 Å². The molecule has 28 heavy (non-hydrogen) atoms. The molecule has 1 heterocycles. The van der Waals surface area contributed by atoms with E-state index in [-0.39, 0.29) is 11.4 Å². The highest BCUT2D eigenvalue weighted by molar-refractivity contribution is 6.04. The number of nitrogens with zero attached hydrogens (tertiary/aromatic N) is 2. The van der Waals surface area contributed by atoms with E-state index >= 15 is 0 Å². The van der Waals surface area contributed by atoms with Crippen LogP contribution in [0.2, 0.25) is 0 Å². The number of hydrogen-bond donors (Lipinski definition) is 4. The molecule has 0 aliphatic rings. The van der Waals surface area contributed by atoms with E-state index in [0.29, 0.717) is 16.8 Å². The zero-order valence-corrected chi connectivity index (χ0v) is 14.1. The van der Waals surface area contributed by atoms with Crippen molar-refractivity contribution in [3.05, 3.63) is 75.7 Å². The zero-order chi connectivity index (χ0) is 20.3. The molecule has 9 heteroatoms. The average Bonchev–Trinajstić information content (AvgIpc) is 2.70. The van der Waals surface area contributed by atoms with Crippen LogP contribution in [0.15, 0.2) is 53.3 Å². The van der Waals surface area contributed by atoms with E-state index in [1.54, 1.807) is 36.4 Å². The topological polar surface area (TPSA) is 156 Å². The van der Waals surface area contributed by atoms with Crippen LogP contribution in [-0.4, -0.2) is 32.1 Å². The second kappa shape index (κ2) is 7.43. The first-order valence-corrected chi connectivity index (χ1v) is 7.87. The highest BCUT2D eigenvalue weighted by atomic mass is 16.4. The number of benzene rings is 2. The first-order valence-electron chi connectivity index (χ1n) is 7.87. The molecule has 0 saturated heterocycles. The van der Waals surface area contributed by atoms with Crippen molar-refractivity contribution < 1.29 is 19.8 Å². The molecule has 0 atom stereocenters. The predicted octanol–water partition coefficient (Wildman–Crippen LogP) is 1.96. The van der Waals surface area contributed by atoms with Crippen LogP contribution >= 0.6 is 0 Å². The molecule has 1 amide bonds. The number of nitrogens with one attached hydrogen (secondary N) is 2. The molecule has 0 radical (unpaired) electrons. The van der Waals surface area contributed by atoms with Gasteiger partial charge in [0.15, 0.2) is 5.69 Å². The van der Waals surface area contributed by atoms with Gasteiger partial charge in [-0.05, 0) is 30.3 Å². The van der Waals surface area contributed by atoms with Gasteiger partial charge in [0.25, 0.3) is 11.5 Å². The Morgan fingerprint density at radius 2 is 1.89 bits per heavy atom. The van der Waals surface area contributed by atoms with Crippen LogP contribution in [0.4, 0.5) is 5.69 Å². The molecule has 0 aliphatic carbocycles. The van der Waals surface area contributed by atoms with Gasteiger partial charge in [0.1, 0.15) is 5.82 Å². The minimum Gasteiger partial charge on any atom is -0.501 e. The van der Waals surface area contributed by atoms with Gasteiger partial charge < -0.3 is 20.5 Å². The number of carboxylic acid groups (broad SMARTS) is 1. The van der Waals surface area contributed by atoms with Gasteiger partial charge >= 0.3 is 5.97 Å². The largest absolute Gasteiger partial charge is 0.501 e. The Morgan fingerprint density at radius 1 is 1.14 bits per heavy atom. The quantitative estimate of drug-likeness (QED) is 0.542. The number of H-pyrrole nitrogens is 1. The standard InChI is InChI=1S/C19H12N4O5/c20-9-10-3-1-5-12(7-10)17(25)21-13-6-2-4-11(8-13)16-22-14(19(27)28)15(24)18(26)23-16/h1-8,24H,(H,21,25)(H,27,28)(H,22,23,26). The van der Waals surface area contributed by atoms with Gasteiger partial charge in [0.2, 0.25) is 5.75 Å². The number of rotatable bonds is 4. The van der Waals surface area contributed by atoms with Gasteiger partial charge in [-0.25, -0.2) is 9.78 Å². The minimum absolute atomic E-state index is 0.0808. The normalized spacial score (nSPS) is 10.1. The number of nitriles is 1. The Bertz CT molecular complexity index is 1190. The number of aromatic nitrogens is 2. The van der Waals surface area contributed by atoms with Crippen LogP contribution in [0.1, 0.15) is 26.4 Å². The summed E-state index contributed by atoms with van der Waals surface area (Å²) in [6.07, 6.45) is 0. The minimum atomic E-state index is -1.55. The van der Waals surface area contributed by atoms with Crippen LogP contribution in [0.3, 0.4) is 0 Å². The molecule has 0 fully saturated rings. The number of aromatic hydroxyl groups is 1. The molecular formula is C19H12N4O5. The first kappa shape index (κ1) is 18.3. The SMILES string of the molecule is N#Cc1cccc(C(=O)Nc2cccc(-c3nc(C(=O)O)c(O)c(=O)[nH]3)c2)c1. The Hall–Kier alpha value is -4.45. The molecule has 0 bridgehead atoms.